The first kappa shape index (κ1) is 16.2. The van der Waals surface area contributed by atoms with Crippen LogP contribution in [0.2, 0.25) is 0 Å². The largest absolute Gasteiger partial charge is 0.468 e. The molecule has 0 spiro atoms. The molecule has 2 aromatic heterocycles. The molecule has 5 nitrogen and oxygen atoms in total. The molecular weight excluding hydrogens is 312 g/mol. The van der Waals surface area contributed by atoms with E-state index in [2.05, 4.69) is 16.3 Å². The van der Waals surface area contributed by atoms with Gasteiger partial charge >= 0.3 is 0 Å². The van der Waals surface area contributed by atoms with Gasteiger partial charge in [0.05, 0.1) is 18.9 Å². The van der Waals surface area contributed by atoms with Crippen LogP contribution in [0.15, 0.2) is 40.3 Å². The molecular formula is C17H22N2O3S. The Morgan fingerprint density at radius 3 is 2.91 bits per heavy atom. The van der Waals surface area contributed by atoms with Crippen LogP contribution in [0.4, 0.5) is 0 Å². The summed E-state index contributed by atoms with van der Waals surface area (Å²) in [6.07, 6.45) is 2.62. The maximum atomic E-state index is 11.7. The van der Waals surface area contributed by atoms with Crippen molar-refractivity contribution in [1.82, 2.24) is 9.80 Å². The van der Waals surface area contributed by atoms with Gasteiger partial charge in [-0.15, -0.1) is 11.3 Å². The molecule has 1 fully saturated rings. The Morgan fingerprint density at radius 2 is 2.26 bits per heavy atom. The number of likely N-dealkylation sites (tertiary alicyclic amines) is 1. The molecule has 1 amide bonds. The van der Waals surface area contributed by atoms with E-state index >= 15 is 0 Å². The number of carbonyl (C=O) groups is 1. The highest BCUT2D eigenvalue weighted by Gasteiger charge is 2.24. The number of nitrogens with zero attached hydrogens (tertiary/aromatic N) is 2. The fourth-order valence-electron chi connectivity index (χ4n) is 2.94. The van der Waals surface area contributed by atoms with Gasteiger partial charge in [0.1, 0.15) is 5.76 Å². The van der Waals surface area contributed by atoms with Gasteiger partial charge in [-0.05, 0) is 30.0 Å². The fourth-order valence-corrected chi connectivity index (χ4v) is 3.68. The van der Waals surface area contributed by atoms with Gasteiger partial charge in [-0.2, -0.15) is 0 Å². The van der Waals surface area contributed by atoms with E-state index in [0.717, 1.165) is 25.3 Å². The average Bonchev–Trinajstić information content (AvgIpc) is 3.24. The predicted molar refractivity (Wildman–Crippen MR) is 89.0 cm³/mol. The lowest BCUT2D eigenvalue weighted by molar-refractivity contribution is -0.129. The molecule has 0 radical (unpaired) electrons. The molecule has 0 bridgehead atoms. The first-order valence-electron chi connectivity index (χ1n) is 7.93. The third-order valence-corrected chi connectivity index (χ3v) is 4.85. The number of rotatable bonds is 8. The lowest BCUT2D eigenvalue weighted by Crippen LogP contribution is -2.40. The summed E-state index contributed by atoms with van der Waals surface area (Å²) in [6, 6.07) is 7.94. The SMILES string of the molecule is O=C1CCCN1CC(O)CN(Cc1ccco1)Cc1cccs1. The Hall–Kier alpha value is -1.63. The van der Waals surface area contributed by atoms with E-state index in [1.165, 1.54) is 4.88 Å². The zero-order valence-electron chi connectivity index (χ0n) is 13.1. The summed E-state index contributed by atoms with van der Waals surface area (Å²) < 4.78 is 5.43. The lowest BCUT2D eigenvalue weighted by atomic mass is 10.2. The fraction of sp³-hybridized carbons (Fsp3) is 0.471. The van der Waals surface area contributed by atoms with E-state index in [4.69, 9.17) is 4.42 Å². The number of aliphatic hydroxyl groups is 1. The molecule has 1 N–H and O–H groups in total. The predicted octanol–water partition coefficient (Wildman–Crippen LogP) is 2.33. The molecule has 2 aromatic rings. The highest BCUT2D eigenvalue weighted by molar-refractivity contribution is 7.09. The normalized spacial score (nSPS) is 16.4. The van der Waals surface area contributed by atoms with Crippen molar-refractivity contribution >= 4 is 17.2 Å². The molecule has 0 aliphatic carbocycles. The standard InChI is InChI=1S/C17H22N2O3S/c20-14(11-19-7-1-6-17(19)21)10-18(12-15-4-2-8-22-15)13-16-5-3-9-23-16/h2-5,8-9,14,20H,1,6-7,10-13H2. The van der Waals surface area contributed by atoms with Gasteiger partial charge in [-0.3, -0.25) is 9.69 Å². The number of β-amino-alcohol motifs (C(OH)–C–C–N with tert-alkyl or cyclic N) is 1. The highest BCUT2D eigenvalue weighted by atomic mass is 32.1. The second kappa shape index (κ2) is 7.77. The molecule has 1 saturated heterocycles. The summed E-state index contributed by atoms with van der Waals surface area (Å²) >= 11 is 1.71. The number of hydrogen-bond donors (Lipinski definition) is 1. The van der Waals surface area contributed by atoms with E-state index in [1.54, 1.807) is 22.5 Å². The Labute approximate surface area is 140 Å². The maximum Gasteiger partial charge on any atom is 0.222 e. The second-order valence-corrected chi connectivity index (χ2v) is 6.96. The number of thiophene rings is 1. The third kappa shape index (κ3) is 4.67. The van der Waals surface area contributed by atoms with Crippen LogP contribution in [-0.2, 0) is 17.9 Å². The van der Waals surface area contributed by atoms with Crippen molar-refractivity contribution < 1.29 is 14.3 Å². The van der Waals surface area contributed by atoms with Gasteiger partial charge in [0.2, 0.25) is 5.91 Å². The van der Waals surface area contributed by atoms with Crippen molar-refractivity contribution in [2.75, 3.05) is 19.6 Å². The van der Waals surface area contributed by atoms with Crippen molar-refractivity contribution in [2.24, 2.45) is 0 Å². The molecule has 0 aromatic carbocycles. The molecule has 3 heterocycles. The first-order chi connectivity index (χ1) is 11.2. The average molecular weight is 334 g/mol. The Kier molecular flexibility index (Phi) is 5.48. The van der Waals surface area contributed by atoms with Gasteiger partial charge in [-0.1, -0.05) is 6.07 Å². The van der Waals surface area contributed by atoms with Crippen molar-refractivity contribution in [3.8, 4) is 0 Å². The molecule has 1 aliphatic rings. The van der Waals surface area contributed by atoms with Crippen LogP contribution in [0.5, 0.6) is 0 Å². The summed E-state index contributed by atoms with van der Waals surface area (Å²) in [5, 5.41) is 12.4. The van der Waals surface area contributed by atoms with Crippen molar-refractivity contribution in [2.45, 2.75) is 32.0 Å². The van der Waals surface area contributed by atoms with E-state index in [1.807, 2.05) is 18.2 Å². The molecule has 23 heavy (non-hydrogen) atoms. The molecule has 1 aliphatic heterocycles. The second-order valence-electron chi connectivity index (χ2n) is 5.93. The maximum absolute atomic E-state index is 11.7. The summed E-state index contributed by atoms with van der Waals surface area (Å²) in [5.74, 6) is 1.03. The van der Waals surface area contributed by atoms with Gasteiger partial charge < -0.3 is 14.4 Å². The molecule has 6 heteroatoms. The minimum absolute atomic E-state index is 0.153. The number of amides is 1. The zero-order valence-corrected chi connectivity index (χ0v) is 13.9. The minimum Gasteiger partial charge on any atom is -0.468 e. The van der Waals surface area contributed by atoms with Gasteiger partial charge in [0, 0.05) is 37.5 Å². The third-order valence-electron chi connectivity index (χ3n) is 3.99. The van der Waals surface area contributed by atoms with Crippen LogP contribution in [0.25, 0.3) is 0 Å². The topological polar surface area (TPSA) is 56.9 Å². The minimum atomic E-state index is -0.549. The van der Waals surface area contributed by atoms with Crippen LogP contribution in [0, 0.1) is 0 Å². The lowest BCUT2D eigenvalue weighted by Gasteiger charge is -2.26. The Balaban J connectivity index is 1.58. The van der Waals surface area contributed by atoms with Crippen LogP contribution in [-0.4, -0.2) is 46.6 Å². The first-order valence-corrected chi connectivity index (χ1v) is 8.81. The zero-order chi connectivity index (χ0) is 16.1. The molecule has 124 valence electrons. The van der Waals surface area contributed by atoms with E-state index in [-0.39, 0.29) is 5.91 Å². The quantitative estimate of drug-likeness (QED) is 0.805. The summed E-state index contributed by atoms with van der Waals surface area (Å²) in [4.78, 5) is 16.9. The summed E-state index contributed by atoms with van der Waals surface area (Å²) in [6.45, 7) is 3.11. The number of aliphatic hydroxyl groups excluding tert-OH is 1. The van der Waals surface area contributed by atoms with Crippen LogP contribution in [0.3, 0.4) is 0 Å². The summed E-state index contributed by atoms with van der Waals surface area (Å²) in [7, 11) is 0. The number of carbonyl (C=O) groups excluding carboxylic acids is 1. The monoisotopic (exact) mass is 334 g/mol. The molecule has 1 unspecified atom stereocenters. The van der Waals surface area contributed by atoms with Gasteiger partial charge in [-0.25, -0.2) is 0 Å². The highest BCUT2D eigenvalue weighted by Crippen LogP contribution is 2.16. The van der Waals surface area contributed by atoms with E-state index < -0.39 is 6.10 Å². The van der Waals surface area contributed by atoms with Crippen LogP contribution in [0.1, 0.15) is 23.5 Å². The molecule has 3 rings (SSSR count). The van der Waals surface area contributed by atoms with Crippen molar-refractivity contribution in [3.05, 3.63) is 46.5 Å². The molecule has 0 saturated carbocycles. The van der Waals surface area contributed by atoms with E-state index in [0.29, 0.717) is 26.1 Å². The van der Waals surface area contributed by atoms with Gasteiger partial charge in [0.15, 0.2) is 0 Å². The number of furan rings is 1. The number of hydrogen-bond acceptors (Lipinski definition) is 5. The van der Waals surface area contributed by atoms with Crippen LogP contribution >= 0.6 is 11.3 Å². The van der Waals surface area contributed by atoms with Crippen LogP contribution < -0.4 is 0 Å². The Morgan fingerprint density at radius 1 is 1.35 bits per heavy atom. The van der Waals surface area contributed by atoms with Gasteiger partial charge in [0.25, 0.3) is 0 Å². The van der Waals surface area contributed by atoms with Crippen molar-refractivity contribution in [1.29, 1.82) is 0 Å². The van der Waals surface area contributed by atoms with Crippen molar-refractivity contribution in [3.63, 3.8) is 0 Å². The molecule has 1 atom stereocenters. The smallest absolute Gasteiger partial charge is 0.222 e. The Bertz CT molecular complexity index is 561. The summed E-state index contributed by atoms with van der Waals surface area (Å²) in [5.41, 5.74) is 0. The van der Waals surface area contributed by atoms with E-state index in [9.17, 15) is 9.90 Å².